The maximum absolute atomic E-state index is 13.0. The van der Waals surface area contributed by atoms with Gasteiger partial charge in [0.15, 0.2) is 12.4 Å². The van der Waals surface area contributed by atoms with Gasteiger partial charge in [-0.25, -0.2) is 18.9 Å². The molecule has 1 aromatic carbocycles. The van der Waals surface area contributed by atoms with Crippen LogP contribution >= 0.6 is 0 Å². The lowest BCUT2D eigenvalue weighted by Crippen LogP contribution is -2.09. The van der Waals surface area contributed by atoms with Crippen LogP contribution in [0.1, 0.15) is 27.5 Å². The summed E-state index contributed by atoms with van der Waals surface area (Å²) >= 11 is 0. The van der Waals surface area contributed by atoms with Crippen molar-refractivity contribution in [2.45, 2.75) is 19.7 Å². The van der Waals surface area contributed by atoms with E-state index in [1.165, 1.54) is 35.1 Å². The Morgan fingerprint density at radius 3 is 2.53 bits per heavy atom. The van der Waals surface area contributed by atoms with Gasteiger partial charge in [-0.15, -0.1) is 0 Å². The first-order chi connectivity index (χ1) is 15.2. The van der Waals surface area contributed by atoms with Gasteiger partial charge < -0.3 is 9.26 Å². The van der Waals surface area contributed by atoms with Crippen LogP contribution in [0.3, 0.4) is 0 Å². The molecule has 0 aliphatic rings. The topological polar surface area (TPSA) is 95.9 Å². The zero-order valence-corrected chi connectivity index (χ0v) is 16.3. The average Bonchev–Trinajstić information content (AvgIpc) is 3.39. The third kappa shape index (κ3) is 4.33. The summed E-state index contributed by atoms with van der Waals surface area (Å²) in [5.74, 6) is -0.827. The van der Waals surface area contributed by atoms with Gasteiger partial charge in [0, 0.05) is 11.8 Å². The van der Waals surface area contributed by atoms with E-state index in [2.05, 4.69) is 20.2 Å². The zero-order chi connectivity index (χ0) is 22.9. The summed E-state index contributed by atoms with van der Waals surface area (Å²) in [5, 5.41) is 7.74. The molecule has 0 saturated heterocycles. The summed E-state index contributed by atoms with van der Waals surface area (Å²) in [6, 6.07) is 7.46. The van der Waals surface area contributed by atoms with Gasteiger partial charge in [0.2, 0.25) is 5.82 Å². The van der Waals surface area contributed by atoms with Crippen LogP contribution in [0, 0.1) is 12.7 Å². The Kier molecular flexibility index (Phi) is 5.43. The van der Waals surface area contributed by atoms with Gasteiger partial charge in [-0.3, -0.25) is 0 Å². The Bertz CT molecular complexity index is 1250. The highest BCUT2D eigenvalue weighted by Gasteiger charge is 2.31. The Balaban J connectivity index is 1.44. The number of alkyl halides is 3. The van der Waals surface area contributed by atoms with E-state index in [9.17, 15) is 22.4 Å². The van der Waals surface area contributed by atoms with Crippen molar-refractivity contribution in [2.24, 2.45) is 0 Å². The van der Waals surface area contributed by atoms with Gasteiger partial charge in [0.05, 0.1) is 17.5 Å². The van der Waals surface area contributed by atoms with Crippen LogP contribution in [-0.4, -0.2) is 30.9 Å². The fraction of sp³-hybridized carbons (Fsp3) is 0.150. The van der Waals surface area contributed by atoms with Gasteiger partial charge >= 0.3 is 12.1 Å². The fourth-order valence-electron chi connectivity index (χ4n) is 2.75. The van der Waals surface area contributed by atoms with Crippen LogP contribution in [0.2, 0.25) is 0 Å². The van der Waals surface area contributed by atoms with Crippen LogP contribution in [0.4, 0.5) is 17.6 Å². The van der Waals surface area contributed by atoms with Crippen molar-refractivity contribution in [3.8, 4) is 17.2 Å². The molecule has 4 aromatic rings. The maximum Gasteiger partial charge on any atom is 0.417 e. The van der Waals surface area contributed by atoms with Crippen molar-refractivity contribution < 1.29 is 31.6 Å². The predicted octanol–water partition coefficient (Wildman–Crippen LogP) is 4.14. The molecule has 0 N–H and O–H groups in total. The van der Waals surface area contributed by atoms with E-state index in [1.54, 1.807) is 6.92 Å². The number of aromatic nitrogens is 5. The molecule has 0 fully saturated rings. The summed E-state index contributed by atoms with van der Waals surface area (Å²) in [5.41, 5.74) is 0.0314. The third-order valence-corrected chi connectivity index (χ3v) is 4.42. The van der Waals surface area contributed by atoms with Crippen molar-refractivity contribution in [1.29, 1.82) is 0 Å². The highest BCUT2D eigenvalue weighted by molar-refractivity contribution is 5.90. The Labute approximate surface area is 177 Å². The van der Waals surface area contributed by atoms with Gasteiger partial charge in [-0.1, -0.05) is 5.16 Å². The van der Waals surface area contributed by atoms with Crippen LogP contribution < -0.4 is 0 Å². The van der Waals surface area contributed by atoms with E-state index in [1.807, 2.05) is 0 Å². The second kappa shape index (κ2) is 8.21. The van der Waals surface area contributed by atoms with E-state index in [-0.39, 0.29) is 29.7 Å². The highest BCUT2D eigenvalue weighted by atomic mass is 19.4. The summed E-state index contributed by atoms with van der Waals surface area (Å²) < 4.78 is 62.5. The van der Waals surface area contributed by atoms with Gasteiger partial charge in [0.25, 0.3) is 5.89 Å². The first kappa shape index (κ1) is 21.2. The molecule has 164 valence electrons. The molecule has 0 saturated carbocycles. The number of halogens is 4. The fourth-order valence-corrected chi connectivity index (χ4v) is 2.75. The summed E-state index contributed by atoms with van der Waals surface area (Å²) in [6.45, 7) is 1.22. The molecule has 0 aliphatic heterocycles. The molecule has 0 unspecified atom stereocenters. The molecule has 0 radical (unpaired) electrons. The number of hydrogen-bond acceptors (Lipinski definition) is 7. The average molecular weight is 447 g/mol. The third-order valence-electron chi connectivity index (χ3n) is 4.42. The number of hydrogen-bond donors (Lipinski definition) is 0. The van der Waals surface area contributed by atoms with Crippen molar-refractivity contribution in [3.63, 3.8) is 0 Å². The van der Waals surface area contributed by atoms with E-state index in [0.717, 1.165) is 12.1 Å². The van der Waals surface area contributed by atoms with E-state index < -0.39 is 23.5 Å². The van der Waals surface area contributed by atoms with E-state index in [0.29, 0.717) is 17.5 Å². The standard InChI is InChI=1S/C20H13F4N5O3/c1-11-15(9-26-29(11)16-7-4-13(8-25-16)20(22,23)24)19(30)31-10-17-27-18(28-32-17)12-2-5-14(21)6-3-12/h2-9H,10H2,1H3. The minimum absolute atomic E-state index is 0.0205. The molecular weight excluding hydrogens is 434 g/mol. The van der Waals surface area contributed by atoms with Gasteiger partial charge in [-0.05, 0) is 43.3 Å². The maximum atomic E-state index is 13.0. The molecule has 0 bridgehead atoms. The molecule has 3 aromatic heterocycles. The molecule has 4 rings (SSSR count). The van der Waals surface area contributed by atoms with E-state index in [4.69, 9.17) is 9.26 Å². The SMILES string of the molecule is Cc1c(C(=O)OCc2nc(-c3ccc(F)cc3)no2)cnn1-c1ccc(C(F)(F)F)cn1. The summed E-state index contributed by atoms with van der Waals surface area (Å²) in [6.07, 6.45) is -2.61. The lowest BCUT2D eigenvalue weighted by atomic mass is 10.2. The lowest BCUT2D eigenvalue weighted by Gasteiger charge is -2.08. The van der Waals surface area contributed by atoms with Crippen molar-refractivity contribution >= 4 is 5.97 Å². The Morgan fingerprint density at radius 1 is 1.12 bits per heavy atom. The molecule has 3 heterocycles. The largest absolute Gasteiger partial charge is 0.452 e. The monoisotopic (exact) mass is 447 g/mol. The minimum Gasteiger partial charge on any atom is -0.452 e. The van der Waals surface area contributed by atoms with Gasteiger partial charge in [-0.2, -0.15) is 23.3 Å². The second-order valence-electron chi connectivity index (χ2n) is 6.55. The highest BCUT2D eigenvalue weighted by Crippen LogP contribution is 2.29. The molecule has 8 nitrogen and oxygen atoms in total. The smallest absolute Gasteiger partial charge is 0.417 e. The van der Waals surface area contributed by atoms with Crippen LogP contribution in [0.5, 0.6) is 0 Å². The van der Waals surface area contributed by atoms with Gasteiger partial charge in [0.1, 0.15) is 11.4 Å². The van der Waals surface area contributed by atoms with Crippen molar-refractivity contribution in [1.82, 2.24) is 24.9 Å². The zero-order valence-electron chi connectivity index (χ0n) is 16.3. The quantitative estimate of drug-likeness (QED) is 0.335. The molecule has 0 spiro atoms. The minimum atomic E-state index is -4.51. The number of rotatable bonds is 5. The van der Waals surface area contributed by atoms with E-state index >= 15 is 0 Å². The normalized spacial score (nSPS) is 11.5. The number of carbonyl (C=O) groups is 1. The van der Waals surface area contributed by atoms with Crippen molar-refractivity contribution in [2.75, 3.05) is 0 Å². The number of benzene rings is 1. The molecular formula is C20H13F4N5O3. The second-order valence-corrected chi connectivity index (χ2v) is 6.55. The first-order valence-corrected chi connectivity index (χ1v) is 9.06. The first-order valence-electron chi connectivity index (χ1n) is 9.06. The molecule has 12 heteroatoms. The summed E-state index contributed by atoms with van der Waals surface area (Å²) in [7, 11) is 0. The Hall–Kier alpha value is -4.09. The van der Waals surface area contributed by atoms with Crippen LogP contribution in [0.15, 0.2) is 53.3 Å². The van der Waals surface area contributed by atoms with Crippen LogP contribution in [-0.2, 0) is 17.5 Å². The number of nitrogens with zero attached hydrogens (tertiary/aromatic N) is 5. The number of ether oxygens (including phenoxy) is 1. The predicted molar refractivity (Wildman–Crippen MR) is 99.9 cm³/mol. The van der Waals surface area contributed by atoms with Crippen LogP contribution in [0.25, 0.3) is 17.2 Å². The number of carbonyl (C=O) groups excluding carboxylic acids is 1. The molecule has 32 heavy (non-hydrogen) atoms. The molecule has 0 atom stereocenters. The number of pyridine rings is 1. The van der Waals surface area contributed by atoms with Crippen molar-refractivity contribution in [3.05, 3.63) is 77.3 Å². The molecule has 0 amide bonds. The number of esters is 1. The Morgan fingerprint density at radius 2 is 1.88 bits per heavy atom. The molecule has 0 aliphatic carbocycles. The summed E-state index contributed by atoms with van der Waals surface area (Å²) in [4.78, 5) is 20.2. The lowest BCUT2D eigenvalue weighted by molar-refractivity contribution is -0.137.